The van der Waals surface area contributed by atoms with Gasteiger partial charge >= 0.3 is 0 Å². The molecule has 2 aromatic rings. The van der Waals surface area contributed by atoms with Gasteiger partial charge in [-0.05, 0) is 52.0 Å². The van der Waals surface area contributed by atoms with Crippen molar-refractivity contribution in [3.05, 3.63) is 35.4 Å². The molecule has 2 aliphatic heterocycles. The molecule has 2 amide bonds. The SMILES string of the molecule is CC1(C)OCCCOc2ccc3c4c(ccc(c24)OCCCOC1(C)C)C(=O)NC3=O. The van der Waals surface area contributed by atoms with Crippen LogP contribution in [0.2, 0.25) is 0 Å². The Kier molecular flexibility index (Phi) is 5.66. The van der Waals surface area contributed by atoms with Crippen molar-refractivity contribution in [3.8, 4) is 11.5 Å². The number of amides is 2. The van der Waals surface area contributed by atoms with Gasteiger partial charge in [0.1, 0.15) is 11.5 Å². The van der Waals surface area contributed by atoms with Gasteiger partial charge in [-0.15, -0.1) is 0 Å². The van der Waals surface area contributed by atoms with E-state index in [0.717, 1.165) is 0 Å². The van der Waals surface area contributed by atoms with Crippen LogP contribution in [-0.2, 0) is 9.47 Å². The molecule has 2 aromatic carbocycles. The normalized spacial score (nSPS) is 21.3. The maximum Gasteiger partial charge on any atom is 0.258 e. The highest BCUT2D eigenvalue weighted by Gasteiger charge is 2.39. The lowest BCUT2D eigenvalue weighted by Crippen LogP contribution is -2.49. The quantitative estimate of drug-likeness (QED) is 0.643. The number of carbonyl (C=O) groups is 2. The summed E-state index contributed by atoms with van der Waals surface area (Å²) in [5.74, 6) is 0.347. The average molecular weight is 427 g/mol. The van der Waals surface area contributed by atoms with E-state index in [1.165, 1.54) is 0 Å². The summed E-state index contributed by atoms with van der Waals surface area (Å²) >= 11 is 0. The van der Waals surface area contributed by atoms with E-state index < -0.39 is 23.0 Å². The first-order chi connectivity index (χ1) is 14.7. The lowest BCUT2D eigenvalue weighted by Gasteiger charge is -2.41. The molecule has 0 fully saturated rings. The summed E-state index contributed by atoms with van der Waals surface area (Å²) in [4.78, 5) is 24.8. The van der Waals surface area contributed by atoms with Crippen molar-refractivity contribution in [2.24, 2.45) is 0 Å². The molecule has 7 nitrogen and oxygen atoms in total. The van der Waals surface area contributed by atoms with Crippen molar-refractivity contribution >= 4 is 22.6 Å². The van der Waals surface area contributed by atoms with E-state index in [2.05, 4.69) is 5.32 Å². The minimum atomic E-state index is -0.467. The Morgan fingerprint density at radius 1 is 0.677 bits per heavy atom. The maximum atomic E-state index is 12.4. The highest BCUT2D eigenvalue weighted by molar-refractivity contribution is 6.27. The van der Waals surface area contributed by atoms with E-state index in [9.17, 15) is 9.59 Å². The molecule has 0 spiro atoms. The van der Waals surface area contributed by atoms with Gasteiger partial charge < -0.3 is 18.9 Å². The van der Waals surface area contributed by atoms with Gasteiger partial charge in [0.05, 0.1) is 43.0 Å². The first kappa shape index (κ1) is 21.6. The van der Waals surface area contributed by atoms with Crippen molar-refractivity contribution in [2.75, 3.05) is 26.4 Å². The van der Waals surface area contributed by atoms with Crippen LogP contribution in [0.5, 0.6) is 11.5 Å². The summed E-state index contributed by atoms with van der Waals surface area (Å²) in [6.07, 6.45) is 1.36. The molecule has 2 aliphatic rings. The molecule has 4 rings (SSSR count). The van der Waals surface area contributed by atoms with Gasteiger partial charge in [-0.3, -0.25) is 14.9 Å². The molecule has 0 atom stereocenters. The lowest BCUT2D eigenvalue weighted by atomic mass is 9.89. The Bertz CT molecular complexity index is 950. The van der Waals surface area contributed by atoms with Gasteiger partial charge in [0.15, 0.2) is 0 Å². The van der Waals surface area contributed by atoms with Crippen LogP contribution in [-0.4, -0.2) is 49.4 Å². The molecule has 0 aliphatic carbocycles. The first-order valence-electron chi connectivity index (χ1n) is 10.7. The van der Waals surface area contributed by atoms with Crippen LogP contribution in [0.15, 0.2) is 24.3 Å². The third-order valence-corrected chi connectivity index (χ3v) is 6.27. The highest BCUT2D eigenvalue weighted by atomic mass is 16.6. The summed E-state index contributed by atoms with van der Waals surface area (Å²) < 4.78 is 24.4. The van der Waals surface area contributed by atoms with Crippen LogP contribution in [0.4, 0.5) is 0 Å². The van der Waals surface area contributed by atoms with Crippen molar-refractivity contribution in [1.29, 1.82) is 0 Å². The average Bonchev–Trinajstić information content (AvgIpc) is 2.71. The van der Waals surface area contributed by atoms with Crippen LogP contribution >= 0.6 is 0 Å². The lowest BCUT2D eigenvalue weighted by molar-refractivity contribution is -0.177. The van der Waals surface area contributed by atoms with Crippen LogP contribution in [0.3, 0.4) is 0 Å². The Labute approximate surface area is 182 Å². The molecule has 2 heterocycles. The van der Waals surface area contributed by atoms with E-state index in [1.54, 1.807) is 24.3 Å². The molecule has 166 valence electrons. The fourth-order valence-corrected chi connectivity index (χ4v) is 3.77. The predicted octanol–water partition coefficient (Wildman–Crippen LogP) is 3.87. The summed E-state index contributed by atoms with van der Waals surface area (Å²) in [5.41, 5.74) is -0.0529. The van der Waals surface area contributed by atoms with Crippen LogP contribution in [0.25, 0.3) is 10.8 Å². The molecule has 0 radical (unpaired) electrons. The molecule has 31 heavy (non-hydrogen) atoms. The molecule has 1 N–H and O–H groups in total. The van der Waals surface area contributed by atoms with Gasteiger partial charge in [-0.25, -0.2) is 0 Å². The second kappa shape index (κ2) is 8.13. The first-order valence-corrected chi connectivity index (χ1v) is 10.7. The van der Waals surface area contributed by atoms with Crippen molar-refractivity contribution in [3.63, 3.8) is 0 Å². The number of hydrogen-bond acceptors (Lipinski definition) is 6. The number of nitrogens with one attached hydrogen (secondary N) is 1. The molecule has 0 saturated carbocycles. The fraction of sp³-hybridized carbons (Fsp3) is 0.500. The Hall–Kier alpha value is -2.64. The zero-order chi connectivity index (χ0) is 22.2. The van der Waals surface area contributed by atoms with E-state index >= 15 is 0 Å². The fourth-order valence-electron chi connectivity index (χ4n) is 3.77. The zero-order valence-electron chi connectivity index (χ0n) is 18.5. The molecule has 0 unspecified atom stereocenters. The predicted molar refractivity (Wildman–Crippen MR) is 116 cm³/mol. The standard InChI is InChI=1S/C24H29NO6/c1-23(2)24(3,4)31-14-6-12-29-18-10-8-16-19-15(21(26)25-22(16)27)7-9-17(20(18)19)28-11-5-13-30-23/h7-10H,5-6,11-14H2,1-4H3,(H,25,26,27). The Morgan fingerprint density at radius 3 is 1.58 bits per heavy atom. The molecule has 0 aromatic heterocycles. The molecular weight excluding hydrogens is 398 g/mol. The molecule has 0 bridgehead atoms. The monoisotopic (exact) mass is 427 g/mol. The van der Waals surface area contributed by atoms with Crippen LogP contribution < -0.4 is 14.8 Å². The zero-order valence-corrected chi connectivity index (χ0v) is 18.5. The number of hydrogen-bond donors (Lipinski definition) is 1. The number of carbonyl (C=O) groups excluding carboxylic acids is 2. The van der Waals surface area contributed by atoms with Crippen LogP contribution in [0.1, 0.15) is 61.3 Å². The minimum absolute atomic E-state index is 0.414. The minimum Gasteiger partial charge on any atom is -0.493 e. The third kappa shape index (κ3) is 4.00. The second-order valence-corrected chi connectivity index (χ2v) is 8.88. The van der Waals surface area contributed by atoms with E-state index in [0.29, 0.717) is 72.7 Å². The van der Waals surface area contributed by atoms with Gasteiger partial charge in [-0.2, -0.15) is 0 Å². The second-order valence-electron chi connectivity index (χ2n) is 8.88. The topological polar surface area (TPSA) is 83.1 Å². The number of benzene rings is 2. The third-order valence-electron chi connectivity index (χ3n) is 6.27. The number of rotatable bonds is 0. The Morgan fingerprint density at radius 2 is 1.13 bits per heavy atom. The van der Waals surface area contributed by atoms with Gasteiger partial charge in [0.25, 0.3) is 11.8 Å². The van der Waals surface area contributed by atoms with Gasteiger partial charge in [0.2, 0.25) is 0 Å². The highest BCUT2D eigenvalue weighted by Crippen LogP contribution is 2.40. The summed E-state index contributed by atoms with van der Waals surface area (Å²) in [7, 11) is 0. The summed E-state index contributed by atoms with van der Waals surface area (Å²) in [6, 6.07) is 6.91. The largest absolute Gasteiger partial charge is 0.493 e. The number of imide groups is 1. The molecule has 7 heteroatoms. The molecule has 0 saturated heterocycles. The van der Waals surface area contributed by atoms with E-state index in [-0.39, 0.29) is 0 Å². The Balaban J connectivity index is 1.71. The maximum absolute atomic E-state index is 12.4. The van der Waals surface area contributed by atoms with Crippen LogP contribution in [0, 0.1) is 0 Å². The smallest absolute Gasteiger partial charge is 0.258 e. The van der Waals surface area contributed by atoms with Crippen molar-refractivity contribution in [2.45, 2.75) is 51.7 Å². The van der Waals surface area contributed by atoms with Gasteiger partial charge in [-0.1, -0.05) is 0 Å². The number of ether oxygens (including phenoxy) is 4. The van der Waals surface area contributed by atoms with Gasteiger partial charge in [0, 0.05) is 29.4 Å². The van der Waals surface area contributed by atoms with E-state index in [1.807, 2.05) is 27.7 Å². The summed E-state index contributed by atoms with van der Waals surface area (Å²) in [5, 5.41) is 3.60. The molecular formula is C24H29NO6. The van der Waals surface area contributed by atoms with Crippen molar-refractivity contribution < 1.29 is 28.5 Å². The van der Waals surface area contributed by atoms with E-state index in [4.69, 9.17) is 18.9 Å². The van der Waals surface area contributed by atoms with Crippen molar-refractivity contribution in [1.82, 2.24) is 5.32 Å². The summed E-state index contributed by atoms with van der Waals surface area (Å²) in [6.45, 7) is 10.0.